The van der Waals surface area contributed by atoms with Gasteiger partial charge in [0.1, 0.15) is 23.0 Å². The summed E-state index contributed by atoms with van der Waals surface area (Å²) in [4.78, 5) is 49.2. The molecule has 1 amide bonds. The predicted octanol–water partition coefficient (Wildman–Crippen LogP) is 4.99. The first-order valence-corrected chi connectivity index (χ1v) is 12.9. The standard InChI is InChI=1S/C28H27N3O6S/c1-4-6-14-36-20-11-7-9-18(15-20)23(32)21-22(19-10-8-12-29-16-19)31(26(34)24(21)33)28-30-17(3)25(38-28)27(35)37-13-5-2/h5,7-12,15-16,22,32H,2,4,6,13-14H2,1,3H3. The molecule has 0 aliphatic carbocycles. The largest absolute Gasteiger partial charge is 0.507 e. The van der Waals surface area contributed by atoms with Gasteiger partial charge in [-0.2, -0.15) is 0 Å². The Morgan fingerprint density at radius 3 is 2.79 bits per heavy atom. The SMILES string of the molecule is C=CCOC(=O)c1sc(N2C(=O)C(=O)C(=C(O)c3cccc(OCCCC)c3)C2c2cccnc2)nc1C. The number of ether oxygens (including phenoxy) is 2. The van der Waals surface area contributed by atoms with Crippen molar-refractivity contribution in [3.05, 3.63) is 88.7 Å². The fourth-order valence-electron chi connectivity index (χ4n) is 3.98. The van der Waals surface area contributed by atoms with Crippen LogP contribution < -0.4 is 9.64 Å². The highest BCUT2D eigenvalue weighted by atomic mass is 32.1. The Bertz CT molecular complexity index is 1400. The summed E-state index contributed by atoms with van der Waals surface area (Å²) in [5.74, 6) is -2.18. The van der Waals surface area contributed by atoms with Crippen molar-refractivity contribution in [2.45, 2.75) is 32.7 Å². The van der Waals surface area contributed by atoms with Gasteiger partial charge in [-0.25, -0.2) is 9.78 Å². The van der Waals surface area contributed by atoms with E-state index in [1.165, 1.54) is 17.2 Å². The summed E-state index contributed by atoms with van der Waals surface area (Å²) in [7, 11) is 0. The van der Waals surface area contributed by atoms with Crippen LogP contribution in [0.2, 0.25) is 0 Å². The molecule has 2 aromatic heterocycles. The maximum atomic E-state index is 13.4. The van der Waals surface area contributed by atoms with Crippen LogP contribution in [0.5, 0.6) is 5.75 Å². The summed E-state index contributed by atoms with van der Waals surface area (Å²) < 4.78 is 10.9. The second-order valence-electron chi connectivity index (χ2n) is 8.48. The van der Waals surface area contributed by atoms with Crippen molar-refractivity contribution >= 4 is 39.9 Å². The highest BCUT2D eigenvalue weighted by molar-refractivity contribution is 7.17. The number of carbonyl (C=O) groups is 3. The number of rotatable bonds is 10. The summed E-state index contributed by atoms with van der Waals surface area (Å²) in [6, 6.07) is 9.08. The number of hydrogen-bond acceptors (Lipinski definition) is 9. The fourth-order valence-corrected chi connectivity index (χ4v) is 4.97. The number of carbonyl (C=O) groups excluding carboxylic acids is 3. The summed E-state index contributed by atoms with van der Waals surface area (Å²) in [5.41, 5.74) is 1.06. The molecule has 1 saturated heterocycles. The lowest BCUT2D eigenvalue weighted by molar-refractivity contribution is -0.132. The molecule has 196 valence electrons. The maximum absolute atomic E-state index is 13.4. The molecule has 0 bridgehead atoms. The molecule has 10 heteroatoms. The van der Waals surface area contributed by atoms with Crippen molar-refractivity contribution in [2.24, 2.45) is 0 Å². The van der Waals surface area contributed by atoms with E-state index < -0.39 is 23.7 Å². The van der Waals surface area contributed by atoms with Gasteiger partial charge in [-0.15, -0.1) is 0 Å². The van der Waals surface area contributed by atoms with Gasteiger partial charge in [-0.1, -0.05) is 55.5 Å². The number of aliphatic hydroxyl groups is 1. The topological polar surface area (TPSA) is 119 Å². The number of thiazole rings is 1. The molecule has 1 aliphatic heterocycles. The molecular weight excluding hydrogens is 506 g/mol. The molecule has 1 atom stereocenters. The number of aliphatic hydroxyl groups excluding tert-OH is 1. The normalized spacial score (nSPS) is 16.5. The molecule has 1 N–H and O–H groups in total. The second kappa shape index (κ2) is 11.8. The van der Waals surface area contributed by atoms with Crippen LogP contribution in [0.15, 0.2) is 67.0 Å². The molecule has 38 heavy (non-hydrogen) atoms. The molecule has 9 nitrogen and oxygen atoms in total. The third kappa shape index (κ3) is 5.35. The van der Waals surface area contributed by atoms with Crippen LogP contribution in [0.1, 0.15) is 52.3 Å². The monoisotopic (exact) mass is 533 g/mol. The Labute approximate surface area is 224 Å². The fraction of sp³-hybridized carbons (Fsp3) is 0.250. The third-order valence-electron chi connectivity index (χ3n) is 5.83. The van der Waals surface area contributed by atoms with Gasteiger partial charge in [0, 0.05) is 18.0 Å². The van der Waals surface area contributed by atoms with Gasteiger partial charge in [0.2, 0.25) is 0 Å². The number of ketones is 1. The average Bonchev–Trinajstić information content (AvgIpc) is 3.44. The molecule has 1 aliphatic rings. The van der Waals surface area contributed by atoms with E-state index in [0.717, 1.165) is 24.2 Å². The van der Waals surface area contributed by atoms with Crippen LogP contribution in [-0.4, -0.2) is 45.9 Å². The number of Topliss-reactive ketones (excluding diaryl/α,β-unsaturated/α-hetero) is 1. The van der Waals surface area contributed by atoms with Gasteiger partial charge in [-0.05, 0) is 37.1 Å². The number of hydrogen-bond donors (Lipinski definition) is 1. The quantitative estimate of drug-likeness (QED) is 0.0966. The van der Waals surface area contributed by atoms with E-state index in [-0.39, 0.29) is 27.9 Å². The van der Waals surface area contributed by atoms with Crippen LogP contribution in [0.3, 0.4) is 0 Å². The van der Waals surface area contributed by atoms with Crippen molar-refractivity contribution in [3.8, 4) is 5.75 Å². The minimum absolute atomic E-state index is 0.0208. The Hall–Kier alpha value is -4.31. The van der Waals surface area contributed by atoms with Gasteiger partial charge in [-0.3, -0.25) is 19.5 Å². The van der Waals surface area contributed by atoms with Gasteiger partial charge in [0.15, 0.2) is 5.13 Å². The Morgan fingerprint density at radius 1 is 1.26 bits per heavy atom. The molecule has 3 aromatic rings. The summed E-state index contributed by atoms with van der Waals surface area (Å²) >= 11 is 0.931. The predicted molar refractivity (Wildman–Crippen MR) is 143 cm³/mol. The van der Waals surface area contributed by atoms with Crippen molar-refractivity contribution < 1.29 is 29.0 Å². The number of esters is 1. The molecule has 3 heterocycles. The van der Waals surface area contributed by atoms with E-state index in [1.54, 1.807) is 49.5 Å². The lowest BCUT2D eigenvalue weighted by atomic mass is 9.96. The number of benzene rings is 1. The van der Waals surface area contributed by atoms with Crippen LogP contribution in [-0.2, 0) is 14.3 Å². The van der Waals surface area contributed by atoms with E-state index in [4.69, 9.17) is 9.47 Å². The van der Waals surface area contributed by atoms with Crippen molar-refractivity contribution in [2.75, 3.05) is 18.1 Å². The smallest absolute Gasteiger partial charge is 0.350 e. The number of anilines is 1. The number of aryl methyl sites for hydroxylation is 1. The molecule has 1 fully saturated rings. The third-order valence-corrected chi connectivity index (χ3v) is 6.96. The highest BCUT2D eigenvalue weighted by Gasteiger charge is 2.48. The first-order chi connectivity index (χ1) is 18.4. The zero-order valence-corrected chi connectivity index (χ0v) is 21.9. The average molecular weight is 534 g/mol. The molecule has 0 saturated carbocycles. The number of pyridine rings is 1. The van der Waals surface area contributed by atoms with Crippen LogP contribution in [0.25, 0.3) is 5.76 Å². The number of nitrogens with zero attached hydrogens (tertiary/aromatic N) is 3. The Balaban J connectivity index is 1.81. The number of amides is 1. The van der Waals surface area contributed by atoms with E-state index >= 15 is 0 Å². The van der Waals surface area contributed by atoms with Gasteiger partial charge in [0.25, 0.3) is 5.78 Å². The molecular formula is C28H27N3O6S. The lowest BCUT2D eigenvalue weighted by Crippen LogP contribution is -2.29. The Kier molecular flexibility index (Phi) is 8.32. The first kappa shape index (κ1) is 26.7. The van der Waals surface area contributed by atoms with Crippen molar-refractivity contribution in [3.63, 3.8) is 0 Å². The summed E-state index contributed by atoms with van der Waals surface area (Å²) in [6.07, 6.45) is 6.37. The summed E-state index contributed by atoms with van der Waals surface area (Å²) in [6.45, 7) is 7.74. The maximum Gasteiger partial charge on any atom is 0.350 e. The minimum Gasteiger partial charge on any atom is -0.507 e. The molecule has 1 unspecified atom stereocenters. The second-order valence-corrected chi connectivity index (χ2v) is 9.46. The lowest BCUT2D eigenvalue weighted by Gasteiger charge is -2.22. The zero-order valence-electron chi connectivity index (χ0n) is 21.0. The van der Waals surface area contributed by atoms with Crippen molar-refractivity contribution in [1.82, 2.24) is 9.97 Å². The molecule has 0 spiro atoms. The van der Waals surface area contributed by atoms with E-state index in [0.29, 0.717) is 29.2 Å². The van der Waals surface area contributed by atoms with E-state index in [1.807, 2.05) is 0 Å². The minimum atomic E-state index is -1.02. The van der Waals surface area contributed by atoms with E-state index in [2.05, 4.69) is 23.5 Å². The first-order valence-electron chi connectivity index (χ1n) is 12.1. The number of unbranched alkanes of at least 4 members (excludes halogenated alkanes) is 1. The summed E-state index contributed by atoms with van der Waals surface area (Å²) in [5, 5.41) is 11.5. The van der Waals surface area contributed by atoms with Crippen LogP contribution >= 0.6 is 11.3 Å². The van der Waals surface area contributed by atoms with E-state index in [9.17, 15) is 19.5 Å². The van der Waals surface area contributed by atoms with Crippen LogP contribution in [0, 0.1) is 6.92 Å². The van der Waals surface area contributed by atoms with Crippen molar-refractivity contribution in [1.29, 1.82) is 0 Å². The molecule has 1 aromatic carbocycles. The highest BCUT2D eigenvalue weighted by Crippen LogP contribution is 2.43. The molecule has 4 rings (SSSR count). The van der Waals surface area contributed by atoms with Gasteiger partial charge >= 0.3 is 11.9 Å². The molecule has 0 radical (unpaired) electrons. The zero-order chi connectivity index (χ0) is 27.2. The Morgan fingerprint density at radius 2 is 2.08 bits per heavy atom. The van der Waals surface area contributed by atoms with Gasteiger partial charge < -0.3 is 14.6 Å². The van der Waals surface area contributed by atoms with Gasteiger partial charge in [0.05, 0.1) is 23.9 Å². The number of aromatic nitrogens is 2. The van der Waals surface area contributed by atoms with Crippen LogP contribution in [0.4, 0.5) is 5.13 Å².